The Morgan fingerprint density at radius 1 is 1.09 bits per heavy atom. The third-order valence-corrected chi connectivity index (χ3v) is 6.32. The number of piperidine rings is 1. The summed E-state index contributed by atoms with van der Waals surface area (Å²) >= 11 is 0. The van der Waals surface area contributed by atoms with Crippen LogP contribution >= 0.6 is 0 Å². The van der Waals surface area contributed by atoms with Crippen LogP contribution in [0.3, 0.4) is 0 Å². The number of carbonyl (C=O) groups is 2. The standard InChI is InChI=1S/C25H32N4O3/c1-3-4-18(2)24(30)28-13-10-23(11-14-28)32-22-7-5-21(6-8-22)27-25(31)29-16-19-9-12-26-15-20(19)17-29/h5-9,12,15,18,23H,3-4,10-11,13-14,16-17H2,1-2H3,(H,27,31). The van der Waals surface area contributed by atoms with Crippen LogP contribution in [0.25, 0.3) is 0 Å². The van der Waals surface area contributed by atoms with Crippen molar-refractivity contribution in [3.05, 3.63) is 53.9 Å². The van der Waals surface area contributed by atoms with Gasteiger partial charge in [-0.1, -0.05) is 20.3 Å². The summed E-state index contributed by atoms with van der Waals surface area (Å²) in [6.07, 6.45) is 7.35. The van der Waals surface area contributed by atoms with Crippen LogP contribution in [0.5, 0.6) is 5.75 Å². The van der Waals surface area contributed by atoms with E-state index in [1.165, 1.54) is 0 Å². The second-order valence-electron chi connectivity index (χ2n) is 8.79. The summed E-state index contributed by atoms with van der Waals surface area (Å²) in [7, 11) is 0. The summed E-state index contributed by atoms with van der Waals surface area (Å²) in [6, 6.07) is 9.34. The number of fused-ring (bicyclic) bond motifs is 1. The predicted octanol–water partition coefficient (Wildman–Crippen LogP) is 4.44. The molecule has 1 aromatic heterocycles. The first-order valence-corrected chi connectivity index (χ1v) is 11.6. The number of rotatable bonds is 6. The van der Waals surface area contributed by atoms with E-state index in [-0.39, 0.29) is 24.0 Å². The van der Waals surface area contributed by atoms with Gasteiger partial charge in [-0.3, -0.25) is 9.78 Å². The summed E-state index contributed by atoms with van der Waals surface area (Å²) < 4.78 is 6.13. The maximum atomic E-state index is 12.6. The molecule has 4 rings (SSSR count). The number of amides is 3. The Balaban J connectivity index is 1.23. The van der Waals surface area contributed by atoms with Crippen LogP contribution in [0.2, 0.25) is 0 Å². The zero-order chi connectivity index (χ0) is 22.5. The number of carbonyl (C=O) groups excluding carboxylic acids is 2. The van der Waals surface area contributed by atoms with Gasteiger partial charge in [-0.2, -0.15) is 0 Å². The van der Waals surface area contributed by atoms with Crippen molar-refractivity contribution in [2.45, 2.75) is 58.7 Å². The summed E-state index contributed by atoms with van der Waals surface area (Å²) in [5, 5.41) is 2.96. The number of urea groups is 1. The van der Waals surface area contributed by atoms with Gasteiger partial charge < -0.3 is 19.9 Å². The summed E-state index contributed by atoms with van der Waals surface area (Å²) in [5.74, 6) is 1.15. The lowest BCUT2D eigenvalue weighted by Crippen LogP contribution is -2.43. The first kappa shape index (κ1) is 22.1. The van der Waals surface area contributed by atoms with Crippen molar-refractivity contribution in [1.82, 2.24) is 14.8 Å². The van der Waals surface area contributed by atoms with E-state index in [2.05, 4.69) is 17.2 Å². The number of anilines is 1. The number of hydrogen-bond donors (Lipinski definition) is 1. The van der Waals surface area contributed by atoms with E-state index in [0.29, 0.717) is 13.1 Å². The van der Waals surface area contributed by atoms with Crippen LogP contribution in [0.4, 0.5) is 10.5 Å². The molecule has 1 aromatic carbocycles. The number of likely N-dealkylation sites (tertiary alicyclic amines) is 1. The lowest BCUT2D eigenvalue weighted by atomic mass is 10.0. The topological polar surface area (TPSA) is 74.8 Å². The molecule has 1 fully saturated rings. The van der Waals surface area contributed by atoms with E-state index in [1.807, 2.05) is 48.4 Å². The van der Waals surface area contributed by atoms with Gasteiger partial charge in [0, 0.05) is 63.0 Å². The Labute approximate surface area is 189 Å². The first-order chi connectivity index (χ1) is 15.5. The van der Waals surface area contributed by atoms with Crippen molar-refractivity contribution in [3.63, 3.8) is 0 Å². The maximum Gasteiger partial charge on any atom is 0.322 e. The number of nitrogens with zero attached hydrogens (tertiary/aromatic N) is 3. The number of benzene rings is 1. The molecule has 2 aliphatic rings. The molecule has 7 heteroatoms. The van der Waals surface area contributed by atoms with Gasteiger partial charge in [-0.25, -0.2) is 4.79 Å². The van der Waals surface area contributed by atoms with E-state index in [0.717, 1.165) is 61.3 Å². The molecular formula is C25H32N4O3. The molecule has 0 radical (unpaired) electrons. The molecular weight excluding hydrogens is 404 g/mol. The van der Waals surface area contributed by atoms with Gasteiger partial charge in [0.1, 0.15) is 11.9 Å². The average Bonchev–Trinajstić information content (AvgIpc) is 3.25. The van der Waals surface area contributed by atoms with Crippen molar-refractivity contribution < 1.29 is 14.3 Å². The highest BCUT2D eigenvalue weighted by atomic mass is 16.5. The summed E-state index contributed by atoms with van der Waals surface area (Å²) in [5.41, 5.74) is 2.98. The van der Waals surface area contributed by atoms with Gasteiger partial charge in [-0.15, -0.1) is 0 Å². The highest BCUT2D eigenvalue weighted by Gasteiger charge is 2.27. The van der Waals surface area contributed by atoms with Crippen LogP contribution < -0.4 is 10.1 Å². The van der Waals surface area contributed by atoms with Gasteiger partial charge in [-0.05, 0) is 47.9 Å². The molecule has 7 nitrogen and oxygen atoms in total. The number of pyridine rings is 1. The van der Waals surface area contributed by atoms with Crippen LogP contribution in [0, 0.1) is 5.92 Å². The molecule has 1 saturated heterocycles. The van der Waals surface area contributed by atoms with Crippen LogP contribution in [-0.4, -0.2) is 45.9 Å². The van der Waals surface area contributed by atoms with Gasteiger partial charge >= 0.3 is 6.03 Å². The third kappa shape index (κ3) is 5.21. The fraction of sp³-hybridized carbons (Fsp3) is 0.480. The molecule has 1 atom stereocenters. The van der Waals surface area contributed by atoms with Crippen molar-refractivity contribution >= 4 is 17.6 Å². The van der Waals surface area contributed by atoms with Crippen LogP contribution in [0.1, 0.15) is 50.7 Å². The molecule has 0 aliphatic carbocycles. The van der Waals surface area contributed by atoms with Gasteiger partial charge in [0.15, 0.2) is 0 Å². The summed E-state index contributed by atoms with van der Waals surface area (Å²) in [4.78, 5) is 32.9. The van der Waals surface area contributed by atoms with E-state index in [1.54, 1.807) is 11.1 Å². The lowest BCUT2D eigenvalue weighted by molar-refractivity contribution is -0.137. The number of hydrogen-bond acceptors (Lipinski definition) is 4. The predicted molar refractivity (Wildman–Crippen MR) is 123 cm³/mol. The molecule has 2 aliphatic heterocycles. The number of nitrogens with one attached hydrogen (secondary N) is 1. The quantitative estimate of drug-likeness (QED) is 0.727. The van der Waals surface area contributed by atoms with Gasteiger partial charge in [0.25, 0.3) is 0 Å². The molecule has 3 heterocycles. The minimum absolute atomic E-state index is 0.103. The maximum absolute atomic E-state index is 12.6. The molecule has 170 valence electrons. The minimum Gasteiger partial charge on any atom is -0.490 e. The van der Waals surface area contributed by atoms with Gasteiger partial charge in [0.05, 0.1) is 0 Å². The number of ether oxygens (including phenoxy) is 1. The fourth-order valence-electron chi connectivity index (χ4n) is 4.44. The highest BCUT2D eigenvalue weighted by molar-refractivity contribution is 5.89. The van der Waals surface area contributed by atoms with Crippen molar-refractivity contribution in [2.24, 2.45) is 5.92 Å². The van der Waals surface area contributed by atoms with Crippen LogP contribution in [-0.2, 0) is 17.9 Å². The normalized spacial score (nSPS) is 17.1. The lowest BCUT2D eigenvalue weighted by Gasteiger charge is -2.33. The zero-order valence-electron chi connectivity index (χ0n) is 18.9. The van der Waals surface area contributed by atoms with Crippen molar-refractivity contribution in [3.8, 4) is 5.75 Å². The SMILES string of the molecule is CCCC(C)C(=O)N1CCC(Oc2ccc(NC(=O)N3Cc4ccncc4C3)cc2)CC1. The first-order valence-electron chi connectivity index (χ1n) is 11.6. The second-order valence-corrected chi connectivity index (χ2v) is 8.79. The van der Waals surface area contributed by atoms with Crippen molar-refractivity contribution in [2.75, 3.05) is 18.4 Å². The zero-order valence-corrected chi connectivity index (χ0v) is 18.9. The monoisotopic (exact) mass is 436 g/mol. The Bertz CT molecular complexity index is 913. The molecule has 1 N–H and O–H groups in total. The molecule has 1 unspecified atom stereocenters. The molecule has 32 heavy (non-hydrogen) atoms. The smallest absolute Gasteiger partial charge is 0.322 e. The van der Waals surface area contributed by atoms with Gasteiger partial charge in [0.2, 0.25) is 5.91 Å². The molecule has 2 aromatic rings. The fourth-order valence-corrected chi connectivity index (χ4v) is 4.44. The Kier molecular flexibility index (Phi) is 6.93. The number of aromatic nitrogens is 1. The van der Waals surface area contributed by atoms with Crippen LogP contribution in [0.15, 0.2) is 42.7 Å². The minimum atomic E-state index is -0.121. The molecule has 0 bridgehead atoms. The largest absolute Gasteiger partial charge is 0.490 e. The van der Waals surface area contributed by atoms with E-state index < -0.39 is 0 Å². The Morgan fingerprint density at radius 2 is 1.81 bits per heavy atom. The third-order valence-electron chi connectivity index (χ3n) is 6.32. The second kappa shape index (κ2) is 10.0. The van der Waals surface area contributed by atoms with Crippen molar-refractivity contribution in [1.29, 1.82) is 0 Å². The Morgan fingerprint density at radius 3 is 2.50 bits per heavy atom. The molecule has 0 saturated carbocycles. The molecule has 3 amide bonds. The average molecular weight is 437 g/mol. The highest BCUT2D eigenvalue weighted by Crippen LogP contribution is 2.25. The van der Waals surface area contributed by atoms with E-state index in [4.69, 9.17) is 4.74 Å². The van der Waals surface area contributed by atoms with E-state index >= 15 is 0 Å². The Hall–Kier alpha value is -3.09. The van der Waals surface area contributed by atoms with E-state index in [9.17, 15) is 9.59 Å². The molecule has 0 spiro atoms. The summed E-state index contributed by atoms with van der Waals surface area (Å²) in [6.45, 7) is 6.81.